The van der Waals surface area contributed by atoms with Gasteiger partial charge in [-0.2, -0.15) is 0 Å². The summed E-state index contributed by atoms with van der Waals surface area (Å²) in [5.41, 5.74) is 0.925. The number of aliphatic hydroxyl groups excluding tert-OH is 1. The second-order valence-electron chi connectivity index (χ2n) is 5.06. The van der Waals surface area contributed by atoms with Crippen LogP contribution in [0, 0.1) is 5.92 Å². The molecule has 0 spiro atoms. The zero-order valence-corrected chi connectivity index (χ0v) is 13.7. The SMILES string of the molecule is CCCCC(CC)CC(O)c1cc(OC)ccc1Br. The van der Waals surface area contributed by atoms with Gasteiger partial charge in [0.2, 0.25) is 0 Å². The molecule has 1 rings (SSSR count). The Morgan fingerprint density at radius 2 is 2.05 bits per heavy atom. The van der Waals surface area contributed by atoms with Crippen LogP contribution in [0.1, 0.15) is 57.6 Å². The van der Waals surface area contributed by atoms with E-state index in [-0.39, 0.29) is 0 Å². The fraction of sp³-hybridized carbons (Fsp3) is 0.625. The highest BCUT2D eigenvalue weighted by Gasteiger charge is 2.17. The van der Waals surface area contributed by atoms with Crippen LogP contribution in [-0.4, -0.2) is 12.2 Å². The van der Waals surface area contributed by atoms with Gasteiger partial charge in [-0.15, -0.1) is 0 Å². The van der Waals surface area contributed by atoms with Crippen molar-refractivity contribution >= 4 is 15.9 Å². The molecule has 0 saturated carbocycles. The molecule has 0 aliphatic heterocycles. The van der Waals surface area contributed by atoms with E-state index in [4.69, 9.17) is 4.74 Å². The fourth-order valence-electron chi connectivity index (χ4n) is 2.33. The number of aliphatic hydroxyl groups is 1. The largest absolute Gasteiger partial charge is 0.497 e. The van der Waals surface area contributed by atoms with E-state index in [2.05, 4.69) is 29.8 Å². The van der Waals surface area contributed by atoms with Crippen molar-refractivity contribution in [3.8, 4) is 5.75 Å². The summed E-state index contributed by atoms with van der Waals surface area (Å²) in [4.78, 5) is 0. The maximum absolute atomic E-state index is 10.4. The van der Waals surface area contributed by atoms with Crippen LogP contribution in [0.4, 0.5) is 0 Å². The maximum atomic E-state index is 10.4. The minimum atomic E-state index is -0.425. The maximum Gasteiger partial charge on any atom is 0.119 e. The third kappa shape index (κ3) is 5.15. The van der Waals surface area contributed by atoms with Crippen molar-refractivity contribution in [2.24, 2.45) is 5.92 Å². The van der Waals surface area contributed by atoms with Gasteiger partial charge < -0.3 is 9.84 Å². The van der Waals surface area contributed by atoms with Crippen molar-refractivity contribution in [1.82, 2.24) is 0 Å². The Hall–Kier alpha value is -0.540. The van der Waals surface area contributed by atoms with E-state index in [9.17, 15) is 5.11 Å². The van der Waals surface area contributed by atoms with E-state index in [1.807, 2.05) is 18.2 Å². The van der Waals surface area contributed by atoms with Crippen LogP contribution < -0.4 is 4.74 Å². The molecule has 2 unspecified atom stereocenters. The van der Waals surface area contributed by atoms with E-state index in [0.29, 0.717) is 5.92 Å². The number of unbranched alkanes of at least 4 members (excludes halogenated alkanes) is 1. The van der Waals surface area contributed by atoms with Crippen molar-refractivity contribution in [3.05, 3.63) is 28.2 Å². The number of hydrogen-bond acceptors (Lipinski definition) is 2. The summed E-state index contributed by atoms with van der Waals surface area (Å²) in [6.07, 6.45) is 5.18. The molecule has 108 valence electrons. The smallest absolute Gasteiger partial charge is 0.119 e. The summed E-state index contributed by atoms with van der Waals surface area (Å²) < 4.78 is 6.17. The second-order valence-corrected chi connectivity index (χ2v) is 5.91. The molecule has 0 bridgehead atoms. The fourth-order valence-corrected chi connectivity index (χ4v) is 2.84. The van der Waals surface area contributed by atoms with Gasteiger partial charge in [-0.25, -0.2) is 0 Å². The highest BCUT2D eigenvalue weighted by atomic mass is 79.9. The molecule has 0 saturated heterocycles. The van der Waals surface area contributed by atoms with Crippen molar-refractivity contribution in [1.29, 1.82) is 0 Å². The molecule has 0 fully saturated rings. The molecule has 3 heteroatoms. The van der Waals surface area contributed by atoms with E-state index in [1.165, 1.54) is 19.3 Å². The highest BCUT2D eigenvalue weighted by Crippen LogP contribution is 2.33. The molecule has 0 aliphatic rings. The van der Waals surface area contributed by atoms with Crippen molar-refractivity contribution < 1.29 is 9.84 Å². The Bertz CT molecular complexity index is 379. The summed E-state index contributed by atoms with van der Waals surface area (Å²) >= 11 is 3.51. The lowest BCUT2D eigenvalue weighted by molar-refractivity contribution is 0.138. The Balaban J connectivity index is 2.72. The molecule has 1 N–H and O–H groups in total. The van der Waals surface area contributed by atoms with Gasteiger partial charge in [0.1, 0.15) is 5.75 Å². The number of ether oxygens (including phenoxy) is 1. The average molecular weight is 329 g/mol. The molecule has 2 atom stereocenters. The quantitative estimate of drug-likeness (QED) is 0.719. The molecule has 0 heterocycles. The van der Waals surface area contributed by atoms with Crippen LogP contribution in [0.3, 0.4) is 0 Å². The molecule has 0 aliphatic carbocycles. The number of halogens is 1. The van der Waals surface area contributed by atoms with Crippen LogP contribution in [0.2, 0.25) is 0 Å². The summed E-state index contributed by atoms with van der Waals surface area (Å²) in [5, 5.41) is 10.4. The van der Waals surface area contributed by atoms with Gasteiger partial charge in [0.15, 0.2) is 0 Å². The number of rotatable bonds is 8. The molecular formula is C16H25BrO2. The van der Waals surface area contributed by atoms with Crippen LogP contribution >= 0.6 is 15.9 Å². The van der Waals surface area contributed by atoms with Crippen LogP contribution in [0.15, 0.2) is 22.7 Å². The van der Waals surface area contributed by atoms with Gasteiger partial charge in [0, 0.05) is 4.47 Å². The minimum Gasteiger partial charge on any atom is -0.497 e. The highest BCUT2D eigenvalue weighted by molar-refractivity contribution is 9.10. The Morgan fingerprint density at radius 1 is 1.32 bits per heavy atom. The van der Waals surface area contributed by atoms with E-state index < -0.39 is 6.10 Å². The van der Waals surface area contributed by atoms with Gasteiger partial charge >= 0.3 is 0 Å². The molecular weight excluding hydrogens is 304 g/mol. The minimum absolute atomic E-state index is 0.425. The van der Waals surface area contributed by atoms with Crippen LogP contribution in [0.25, 0.3) is 0 Å². The van der Waals surface area contributed by atoms with Gasteiger partial charge in [-0.3, -0.25) is 0 Å². The first-order valence-corrected chi connectivity index (χ1v) is 7.93. The standard InChI is InChI=1S/C16H25BrO2/c1-4-6-7-12(5-2)10-16(18)14-11-13(19-3)8-9-15(14)17/h8-9,11-12,16,18H,4-7,10H2,1-3H3. The van der Waals surface area contributed by atoms with E-state index in [0.717, 1.165) is 28.6 Å². The van der Waals surface area contributed by atoms with Crippen LogP contribution in [0.5, 0.6) is 5.75 Å². The molecule has 19 heavy (non-hydrogen) atoms. The molecule has 0 radical (unpaired) electrons. The summed E-state index contributed by atoms with van der Waals surface area (Å²) in [7, 11) is 1.65. The van der Waals surface area contributed by atoms with Gasteiger partial charge in [0.05, 0.1) is 13.2 Å². The van der Waals surface area contributed by atoms with Gasteiger partial charge in [-0.05, 0) is 36.1 Å². The lowest BCUT2D eigenvalue weighted by Crippen LogP contribution is -2.08. The van der Waals surface area contributed by atoms with Crippen molar-refractivity contribution in [2.45, 2.75) is 52.1 Å². The summed E-state index contributed by atoms with van der Waals surface area (Å²) in [6.45, 7) is 4.41. The van der Waals surface area contributed by atoms with E-state index >= 15 is 0 Å². The van der Waals surface area contributed by atoms with Crippen LogP contribution in [-0.2, 0) is 0 Å². The third-order valence-electron chi connectivity index (χ3n) is 3.66. The molecule has 1 aromatic rings. The van der Waals surface area contributed by atoms with Gasteiger partial charge in [-0.1, -0.05) is 55.5 Å². The molecule has 0 aromatic heterocycles. The topological polar surface area (TPSA) is 29.5 Å². The molecule has 2 nitrogen and oxygen atoms in total. The predicted molar refractivity (Wildman–Crippen MR) is 83.6 cm³/mol. The first kappa shape index (κ1) is 16.5. The lowest BCUT2D eigenvalue weighted by atomic mass is 9.90. The third-order valence-corrected chi connectivity index (χ3v) is 4.38. The first-order valence-electron chi connectivity index (χ1n) is 7.13. The van der Waals surface area contributed by atoms with Gasteiger partial charge in [0.25, 0.3) is 0 Å². The van der Waals surface area contributed by atoms with Crippen molar-refractivity contribution in [3.63, 3.8) is 0 Å². The monoisotopic (exact) mass is 328 g/mol. The summed E-state index contributed by atoms with van der Waals surface area (Å²) in [5.74, 6) is 1.38. The molecule has 1 aromatic carbocycles. The van der Waals surface area contributed by atoms with E-state index in [1.54, 1.807) is 7.11 Å². The second kappa shape index (κ2) is 8.60. The number of methoxy groups -OCH3 is 1. The first-order chi connectivity index (χ1) is 9.12. The summed E-state index contributed by atoms with van der Waals surface area (Å²) in [6, 6.07) is 5.75. The Morgan fingerprint density at radius 3 is 2.63 bits per heavy atom. The Kier molecular flexibility index (Phi) is 7.47. The van der Waals surface area contributed by atoms with Crippen molar-refractivity contribution in [2.75, 3.05) is 7.11 Å². The Labute approximate surface area is 125 Å². The normalized spacial score (nSPS) is 14.2. The average Bonchev–Trinajstić information content (AvgIpc) is 2.43. The zero-order valence-electron chi connectivity index (χ0n) is 12.2. The lowest BCUT2D eigenvalue weighted by Gasteiger charge is -2.20. The number of benzene rings is 1. The number of hydrogen-bond donors (Lipinski definition) is 1. The zero-order chi connectivity index (χ0) is 14.3. The predicted octanol–water partition coefficient (Wildman–Crippen LogP) is 5.10. The molecule has 0 amide bonds.